The number of halogens is 3. The van der Waals surface area contributed by atoms with Gasteiger partial charge in [-0.25, -0.2) is 14.8 Å². The second kappa shape index (κ2) is 7.60. The van der Waals surface area contributed by atoms with Crippen LogP contribution in [0.1, 0.15) is 11.3 Å². The standard InChI is InChI=1S/C15H15F3N4O2S/c1-19-12-7-10(20-13(21-12)25-2)8-22(14(23)24)11-5-3-4-9(6-11)15(16,17)18/h3-7H,8H2,1-2H3,(H,23,24)(H,19,20,21). The number of benzene rings is 1. The summed E-state index contributed by atoms with van der Waals surface area (Å²) in [6.07, 6.45) is -4.17. The number of hydrogen-bond donors (Lipinski definition) is 2. The highest BCUT2D eigenvalue weighted by atomic mass is 32.2. The number of rotatable bonds is 5. The van der Waals surface area contributed by atoms with Crippen LogP contribution < -0.4 is 10.2 Å². The molecule has 0 atom stereocenters. The molecule has 25 heavy (non-hydrogen) atoms. The summed E-state index contributed by atoms with van der Waals surface area (Å²) in [4.78, 5) is 20.7. The highest BCUT2D eigenvalue weighted by Crippen LogP contribution is 2.32. The van der Waals surface area contributed by atoms with Gasteiger partial charge in [0.05, 0.1) is 17.8 Å². The van der Waals surface area contributed by atoms with Gasteiger partial charge in [-0.3, -0.25) is 4.90 Å². The van der Waals surface area contributed by atoms with Crippen molar-refractivity contribution in [3.8, 4) is 0 Å². The molecule has 0 aliphatic heterocycles. The maximum atomic E-state index is 12.9. The van der Waals surface area contributed by atoms with Crippen molar-refractivity contribution in [3.05, 3.63) is 41.6 Å². The predicted molar refractivity (Wildman–Crippen MR) is 89.0 cm³/mol. The van der Waals surface area contributed by atoms with Gasteiger partial charge in [-0.05, 0) is 24.5 Å². The molecule has 10 heteroatoms. The van der Waals surface area contributed by atoms with Gasteiger partial charge in [0, 0.05) is 18.8 Å². The molecule has 0 saturated carbocycles. The number of carbonyl (C=O) groups is 1. The van der Waals surface area contributed by atoms with Crippen molar-refractivity contribution in [3.63, 3.8) is 0 Å². The normalized spacial score (nSPS) is 11.2. The van der Waals surface area contributed by atoms with Crippen LogP contribution in [0.2, 0.25) is 0 Å². The fraction of sp³-hybridized carbons (Fsp3) is 0.267. The zero-order valence-corrected chi connectivity index (χ0v) is 14.1. The Morgan fingerprint density at radius 3 is 2.60 bits per heavy atom. The van der Waals surface area contributed by atoms with Crippen molar-refractivity contribution in [2.45, 2.75) is 17.9 Å². The van der Waals surface area contributed by atoms with E-state index < -0.39 is 17.8 Å². The first-order chi connectivity index (χ1) is 11.7. The monoisotopic (exact) mass is 372 g/mol. The molecule has 1 amide bonds. The summed E-state index contributed by atoms with van der Waals surface area (Å²) < 4.78 is 38.6. The average molecular weight is 372 g/mol. The molecule has 1 heterocycles. The summed E-state index contributed by atoms with van der Waals surface area (Å²) in [5.74, 6) is 0.490. The van der Waals surface area contributed by atoms with E-state index in [2.05, 4.69) is 15.3 Å². The number of hydrogen-bond acceptors (Lipinski definition) is 5. The average Bonchev–Trinajstić information content (AvgIpc) is 2.58. The zero-order chi connectivity index (χ0) is 18.6. The molecule has 2 rings (SSSR count). The lowest BCUT2D eigenvalue weighted by Gasteiger charge is -2.20. The highest BCUT2D eigenvalue weighted by Gasteiger charge is 2.31. The summed E-state index contributed by atoms with van der Waals surface area (Å²) in [6.45, 7) is -0.207. The Kier molecular flexibility index (Phi) is 5.73. The predicted octanol–water partition coefficient (Wildman–Crippen LogP) is 3.94. The van der Waals surface area contributed by atoms with E-state index in [0.717, 1.165) is 17.0 Å². The first-order valence-electron chi connectivity index (χ1n) is 7.02. The molecular formula is C15H15F3N4O2S. The first-order valence-corrected chi connectivity index (χ1v) is 8.24. The second-order valence-electron chi connectivity index (χ2n) is 4.90. The second-order valence-corrected chi connectivity index (χ2v) is 5.67. The fourth-order valence-electron chi connectivity index (χ4n) is 2.06. The lowest BCUT2D eigenvalue weighted by atomic mass is 10.2. The number of nitrogens with one attached hydrogen (secondary N) is 1. The lowest BCUT2D eigenvalue weighted by Crippen LogP contribution is -2.29. The van der Waals surface area contributed by atoms with Gasteiger partial charge < -0.3 is 10.4 Å². The molecule has 0 aliphatic carbocycles. The first kappa shape index (κ1) is 18.8. The van der Waals surface area contributed by atoms with Crippen molar-refractivity contribution < 1.29 is 23.1 Å². The largest absolute Gasteiger partial charge is 0.465 e. The molecule has 0 fully saturated rings. The lowest BCUT2D eigenvalue weighted by molar-refractivity contribution is -0.137. The quantitative estimate of drug-likeness (QED) is 0.611. The number of thioether (sulfide) groups is 1. The van der Waals surface area contributed by atoms with E-state index in [1.54, 1.807) is 19.4 Å². The number of amides is 1. The maximum Gasteiger partial charge on any atom is 0.416 e. The molecule has 0 bridgehead atoms. The Hall–Kier alpha value is -2.49. The zero-order valence-electron chi connectivity index (χ0n) is 13.3. The van der Waals surface area contributed by atoms with E-state index in [4.69, 9.17) is 0 Å². The molecule has 2 N–H and O–H groups in total. The molecule has 2 aromatic rings. The molecule has 0 radical (unpaired) electrons. The molecule has 6 nitrogen and oxygen atoms in total. The van der Waals surface area contributed by atoms with Gasteiger partial charge in [0.2, 0.25) is 0 Å². The van der Waals surface area contributed by atoms with Crippen molar-refractivity contribution in [1.29, 1.82) is 0 Å². The molecule has 0 unspecified atom stereocenters. The minimum absolute atomic E-state index is 0.0855. The van der Waals surface area contributed by atoms with E-state index in [0.29, 0.717) is 16.7 Å². The van der Waals surface area contributed by atoms with Crippen LogP contribution in [-0.4, -0.2) is 34.5 Å². The van der Waals surface area contributed by atoms with Crippen LogP contribution in [0.4, 0.5) is 29.5 Å². The van der Waals surface area contributed by atoms with E-state index in [-0.39, 0.29) is 12.2 Å². The van der Waals surface area contributed by atoms with Gasteiger partial charge in [-0.1, -0.05) is 17.8 Å². The smallest absolute Gasteiger partial charge is 0.416 e. The van der Waals surface area contributed by atoms with Crippen LogP contribution in [0.5, 0.6) is 0 Å². The van der Waals surface area contributed by atoms with E-state index >= 15 is 0 Å². The highest BCUT2D eigenvalue weighted by molar-refractivity contribution is 7.98. The fourth-order valence-corrected chi connectivity index (χ4v) is 2.45. The minimum atomic E-state index is -4.56. The summed E-state index contributed by atoms with van der Waals surface area (Å²) in [7, 11) is 1.65. The van der Waals surface area contributed by atoms with Crippen molar-refractivity contribution >= 4 is 29.4 Å². The topological polar surface area (TPSA) is 78.4 Å². The van der Waals surface area contributed by atoms with E-state index in [1.807, 2.05) is 0 Å². The Labute approximate surface area is 146 Å². The van der Waals surface area contributed by atoms with Crippen molar-refractivity contribution in [1.82, 2.24) is 9.97 Å². The third kappa shape index (κ3) is 4.75. The third-order valence-electron chi connectivity index (χ3n) is 3.23. The van der Waals surface area contributed by atoms with Gasteiger partial charge in [0.25, 0.3) is 0 Å². The Bertz CT molecular complexity index is 748. The number of anilines is 2. The van der Waals surface area contributed by atoms with E-state index in [1.165, 1.54) is 23.9 Å². The summed E-state index contributed by atoms with van der Waals surface area (Å²) in [6, 6.07) is 5.70. The van der Waals surface area contributed by atoms with Gasteiger partial charge in [0.15, 0.2) is 5.16 Å². The Balaban J connectivity index is 2.39. The van der Waals surface area contributed by atoms with Gasteiger partial charge in [-0.15, -0.1) is 0 Å². The molecular weight excluding hydrogens is 357 g/mol. The number of aromatic nitrogens is 2. The third-order valence-corrected chi connectivity index (χ3v) is 3.78. The SMILES string of the molecule is CNc1cc(CN(C(=O)O)c2cccc(C(F)(F)F)c2)nc(SC)n1. The molecule has 0 saturated heterocycles. The van der Waals surface area contributed by atoms with Crippen LogP contribution in [-0.2, 0) is 12.7 Å². The molecule has 0 spiro atoms. The minimum Gasteiger partial charge on any atom is -0.465 e. The molecule has 134 valence electrons. The van der Waals surface area contributed by atoms with Gasteiger partial charge in [-0.2, -0.15) is 13.2 Å². The molecule has 0 aliphatic rings. The number of nitrogens with zero attached hydrogens (tertiary/aromatic N) is 3. The molecule has 1 aromatic carbocycles. The Morgan fingerprint density at radius 1 is 1.32 bits per heavy atom. The summed E-state index contributed by atoms with van der Waals surface area (Å²) in [5.41, 5.74) is -0.638. The van der Waals surface area contributed by atoms with Crippen LogP contribution in [0.15, 0.2) is 35.5 Å². The molecule has 1 aromatic heterocycles. The van der Waals surface area contributed by atoms with Crippen LogP contribution in [0, 0.1) is 0 Å². The van der Waals surface area contributed by atoms with Crippen LogP contribution >= 0.6 is 11.8 Å². The van der Waals surface area contributed by atoms with Crippen molar-refractivity contribution in [2.24, 2.45) is 0 Å². The van der Waals surface area contributed by atoms with Crippen LogP contribution in [0.25, 0.3) is 0 Å². The van der Waals surface area contributed by atoms with Crippen LogP contribution in [0.3, 0.4) is 0 Å². The van der Waals surface area contributed by atoms with E-state index in [9.17, 15) is 23.1 Å². The van der Waals surface area contributed by atoms with Crippen molar-refractivity contribution in [2.75, 3.05) is 23.5 Å². The number of alkyl halides is 3. The van der Waals surface area contributed by atoms with Gasteiger partial charge in [0.1, 0.15) is 5.82 Å². The summed E-state index contributed by atoms with van der Waals surface area (Å²) >= 11 is 1.27. The number of carboxylic acid groups (broad SMARTS) is 1. The summed E-state index contributed by atoms with van der Waals surface area (Å²) in [5, 5.41) is 12.7. The Morgan fingerprint density at radius 2 is 2.04 bits per heavy atom. The van der Waals surface area contributed by atoms with Gasteiger partial charge >= 0.3 is 12.3 Å². The maximum absolute atomic E-state index is 12.9.